The fourth-order valence-corrected chi connectivity index (χ4v) is 7.66. The highest BCUT2D eigenvalue weighted by molar-refractivity contribution is 5.70. The summed E-state index contributed by atoms with van der Waals surface area (Å²) in [4.78, 5) is 25.4. The average molecular weight is 843 g/mol. The number of unbranched alkanes of at least 4 members (excludes halogenated alkanes) is 32. The van der Waals surface area contributed by atoms with Gasteiger partial charge in [-0.25, -0.2) is 0 Å². The summed E-state index contributed by atoms with van der Waals surface area (Å²) in [6.45, 7) is 7.78. The van der Waals surface area contributed by atoms with Crippen LogP contribution in [0.2, 0.25) is 0 Å². The molecule has 0 aromatic rings. The Balaban J connectivity index is 4.25. The topological polar surface area (TPSA) is 61.8 Å². The maximum Gasteiger partial charge on any atom is 0.306 e. The van der Waals surface area contributed by atoms with E-state index in [2.05, 4.69) is 57.2 Å². The van der Waals surface area contributed by atoms with Gasteiger partial charge in [0.05, 0.1) is 6.61 Å². The first-order valence-corrected chi connectivity index (χ1v) is 26.5. The highest BCUT2D eigenvalue weighted by Gasteiger charge is 2.17. The van der Waals surface area contributed by atoms with E-state index in [0.717, 1.165) is 64.2 Å². The van der Waals surface area contributed by atoms with E-state index in [-0.39, 0.29) is 25.2 Å². The third-order valence-corrected chi connectivity index (χ3v) is 11.6. The van der Waals surface area contributed by atoms with Gasteiger partial charge in [-0.1, -0.05) is 231 Å². The van der Waals surface area contributed by atoms with Crippen LogP contribution in [0, 0.1) is 0 Å². The Labute approximate surface area is 374 Å². The first-order valence-electron chi connectivity index (χ1n) is 26.5. The normalized spacial score (nSPS) is 12.4. The third kappa shape index (κ3) is 48.8. The van der Waals surface area contributed by atoms with Gasteiger partial charge in [0.2, 0.25) is 0 Å². The van der Waals surface area contributed by atoms with Gasteiger partial charge in [-0.05, 0) is 70.6 Å². The largest absolute Gasteiger partial charge is 0.462 e. The summed E-state index contributed by atoms with van der Waals surface area (Å²) >= 11 is 0. The second-order valence-electron chi connectivity index (χ2n) is 17.8. The number of ether oxygens (including phenoxy) is 3. The summed E-state index contributed by atoms with van der Waals surface area (Å²) in [5.41, 5.74) is 0. The van der Waals surface area contributed by atoms with Crippen LogP contribution in [0.1, 0.15) is 278 Å². The molecule has 0 saturated carbocycles. The van der Waals surface area contributed by atoms with Gasteiger partial charge in [-0.3, -0.25) is 9.59 Å². The van der Waals surface area contributed by atoms with Crippen LogP contribution >= 0.6 is 0 Å². The van der Waals surface area contributed by atoms with Crippen LogP contribution in [0.5, 0.6) is 0 Å². The molecule has 0 rings (SSSR count). The number of hydrogen-bond acceptors (Lipinski definition) is 5. The smallest absolute Gasteiger partial charge is 0.306 e. The summed E-state index contributed by atoms with van der Waals surface area (Å²) in [7, 11) is 0. The predicted molar refractivity (Wildman–Crippen MR) is 261 cm³/mol. The Hall–Kier alpha value is -1.88. The summed E-state index contributed by atoms with van der Waals surface area (Å²) in [5.74, 6) is -0.410. The van der Waals surface area contributed by atoms with E-state index in [1.54, 1.807) is 0 Å². The second-order valence-corrected chi connectivity index (χ2v) is 17.8. The maximum atomic E-state index is 12.8. The number of hydrogen-bond donors (Lipinski definition) is 0. The van der Waals surface area contributed by atoms with Crippen molar-refractivity contribution in [2.45, 2.75) is 284 Å². The Morgan fingerprint density at radius 3 is 1.18 bits per heavy atom. The SMILES string of the molecule is CCC/C=C\C/C=C\CCCCCCCC(=O)OC(COCCCCCCCCCCCCCCCCCC)COC(=O)CCCCCCC/C=C\CCCCCCCC. The van der Waals surface area contributed by atoms with Gasteiger partial charge < -0.3 is 14.2 Å². The third-order valence-electron chi connectivity index (χ3n) is 11.6. The molecule has 0 aliphatic rings. The minimum atomic E-state index is -0.541. The van der Waals surface area contributed by atoms with Gasteiger partial charge in [-0.2, -0.15) is 0 Å². The van der Waals surface area contributed by atoms with Crippen LogP contribution in [-0.4, -0.2) is 37.9 Å². The van der Waals surface area contributed by atoms with Gasteiger partial charge in [-0.15, -0.1) is 0 Å². The molecule has 0 N–H and O–H groups in total. The lowest BCUT2D eigenvalue weighted by Crippen LogP contribution is -2.30. The van der Waals surface area contributed by atoms with Gasteiger partial charge >= 0.3 is 11.9 Å². The molecule has 1 unspecified atom stereocenters. The predicted octanol–water partition coefficient (Wildman–Crippen LogP) is 17.8. The molecule has 1 atom stereocenters. The van der Waals surface area contributed by atoms with E-state index in [1.807, 2.05) is 0 Å². The van der Waals surface area contributed by atoms with Crippen molar-refractivity contribution in [2.24, 2.45) is 0 Å². The summed E-state index contributed by atoms with van der Waals surface area (Å²) < 4.78 is 17.4. The van der Waals surface area contributed by atoms with E-state index in [1.165, 1.54) is 180 Å². The fourth-order valence-electron chi connectivity index (χ4n) is 7.66. The van der Waals surface area contributed by atoms with E-state index >= 15 is 0 Å². The zero-order chi connectivity index (χ0) is 43.5. The Kier molecular flexibility index (Phi) is 49.9. The number of carbonyl (C=O) groups excluding carboxylic acids is 2. The van der Waals surface area contributed by atoms with Crippen molar-refractivity contribution in [3.63, 3.8) is 0 Å². The molecule has 0 aliphatic heterocycles. The molecule has 0 bridgehead atoms. The zero-order valence-corrected chi connectivity index (χ0v) is 40.5. The number of carbonyl (C=O) groups is 2. The van der Waals surface area contributed by atoms with Gasteiger partial charge in [0.15, 0.2) is 6.10 Å². The summed E-state index contributed by atoms with van der Waals surface area (Å²) in [6, 6.07) is 0. The van der Waals surface area contributed by atoms with Crippen LogP contribution in [0.15, 0.2) is 36.5 Å². The first kappa shape index (κ1) is 58.1. The lowest BCUT2D eigenvalue weighted by molar-refractivity contribution is -0.163. The van der Waals surface area contributed by atoms with Gasteiger partial charge in [0, 0.05) is 19.4 Å². The fraction of sp³-hybridized carbons (Fsp3) is 0.855. The lowest BCUT2D eigenvalue weighted by atomic mass is 10.0. The highest BCUT2D eigenvalue weighted by atomic mass is 16.6. The molecule has 0 radical (unpaired) electrons. The summed E-state index contributed by atoms with van der Waals surface area (Å²) in [6.07, 6.45) is 61.5. The molecule has 60 heavy (non-hydrogen) atoms. The molecule has 5 nitrogen and oxygen atoms in total. The lowest BCUT2D eigenvalue weighted by Gasteiger charge is -2.18. The Bertz CT molecular complexity index is 955. The van der Waals surface area contributed by atoms with Crippen molar-refractivity contribution in [1.29, 1.82) is 0 Å². The van der Waals surface area contributed by atoms with E-state index in [9.17, 15) is 9.59 Å². The molecule has 0 saturated heterocycles. The molecule has 0 heterocycles. The molecule has 0 fully saturated rings. The van der Waals surface area contributed by atoms with Crippen LogP contribution in [0.3, 0.4) is 0 Å². The molecule has 0 spiro atoms. The number of esters is 2. The van der Waals surface area contributed by atoms with Crippen molar-refractivity contribution in [2.75, 3.05) is 19.8 Å². The van der Waals surface area contributed by atoms with Crippen LogP contribution < -0.4 is 0 Å². The number of allylic oxidation sites excluding steroid dienone is 6. The van der Waals surface area contributed by atoms with Crippen LogP contribution in [0.4, 0.5) is 0 Å². The average Bonchev–Trinajstić information content (AvgIpc) is 3.25. The minimum absolute atomic E-state index is 0.0799. The van der Waals surface area contributed by atoms with Gasteiger partial charge in [0.25, 0.3) is 0 Å². The minimum Gasteiger partial charge on any atom is -0.462 e. The van der Waals surface area contributed by atoms with E-state index in [4.69, 9.17) is 14.2 Å². The van der Waals surface area contributed by atoms with Crippen molar-refractivity contribution < 1.29 is 23.8 Å². The second kappa shape index (κ2) is 51.5. The van der Waals surface area contributed by atoms with Crippen molar-refractivity contribution in [1.82, 2.24) is 0 Å². The molecule has 0 aromatic heterocycles. The monoisotopic (exact) mass is 843 g/mol. The molecule has 5 heteroatoms. The van der Waals surface area contributed by atoms with Crippen LogP contribution in [0.25, 0.3) is 0 Å². The Morgan fingerprint density at radius 2 is 0.733 bits per heavy atom. The molecule has 0 aromatic carbocycles. The van der Waals surface area contributed by atoms with Crippen molar-refractivity contribution in [3.8, 4) is 0 Å². The molecule has 0 amide bonds. The molecular formula is C55H102O5. The van der Waals surface area contributed by atoms with Crippen LogP contribution in [-0.2, 0) is 23.8 Å². The van der Waals surface area contributed by atoms with Crippen molar-refractivity contribution in [3.05, 3.63) is 36.5 Å². The van der Waals surface area contributed by atoms with E-state index < -0.39 is 6.10 Å². The highest BCUT2D eigenvalue weighted by Crippen LogP contribution is 2.15. The van der Waals surface area contributed by atoms with Crippen molar-refractivity contribution >= 4 is 11.9 Å². The molecule has 0 aliphatic carbocycles. The molecular weight excluding hydrogens is 741 g/mol. The quantitative estimate of drug-likeness (QED) is 0.0347. The standard InChI is InChI=1S/C55H102O5/c1-4-7-10-13-16-19-22-25-27-29-32-35-38-41-44-47-50-58-51-53(60-55(57)49-46-43-40-37-34-30-24-21-18-15-12-9-6-3)52-59-54(56)48-45-42-39-36-33-31-28-26-23-20-17-14-11-8-5-2/h12,15,21,24,26,28,53H,4-11,13-14,16-20,22-23,25,27,29-52H2,1-3H3/b15-12-,24-21-,28-26-. The Morgan fingerprint density at radius 1 is 0.367 bits per heavy atom. The van der Waals surface area contributed by atoms with Gasteiger partial charge in [0.1, 0.15) is 6.61 Å². The summed E-state index contributed by atoms with van der Waals surface area (Å²) in [5, 5.41) is 0. The zero-order valence-electron chi connectivity index (χ0n) is 40.5. The number of rotatable bonds is 49. The first-order chi connectivity index (χ1) is 29.6. The van der Waals surface area contributed by atoms with E-state index in [0.29, 0.717) is 19.4 Å². The maximum absolute atomic E-state index is 12.8. The molecule has 352 valence electrons.